The number of aromatic nitrogens is 1. The summed E-state index contributed by atoms with van der Waals surface area (Å²) >= 11 is 0. The van der Waals surface area contributed by atoms with Gasteiger partial charge in [-0.25, -0.2) is 0 Å². The normalized spacial score (nSPS) is 10.4. The third kappa shape index (κ3) is 2.12. The van der Waals surface area contributed by atoms with Gasteiger partial charge < -0.3 is 5.73 Å². The quantitative estimate of drug-likeness (QED) is 0.831. The second kappa shape index (κ2) is 4.45. The van der Waals surface area contributed by atoms with Crippen LogP contribution in [0.1, 0.15) is 16.8 Å². The summed E-state index contributed by atoms with van der Waals surface area (Å²) in [5.41, 5.74) is 11.6. The van der Waals surface area contributed by atoms with Crippen LogP contribution in [-0.4, -0.2) is 4.98 Å². The molecule has 0 unspecified atom stereocenters. The predicted molar refractivity (Wildman–Crippen MR) is 67.0 cm³/mol. The number of nitrogens with zero attached hydrogens (tertiary/aromatic N) is 1. The van der Waals surface area contributed by atoms with Crippen molar-refractivity contribution in [2.24, 2.45) is 5.73 Å². The molecule has 1 aromatic heterocycles. The van der Waals surface area contributed by atoms with Gasteiger partial charge in [0.25, 0.3) is 0 Å². The van der Waals surface area contributed by atoms with Gasteiger partial charge in [-0.2, -0.15) is 0 Å². The Bertz CT molecular complexity index is 504. The zero-order chi connectivity index (χ0) is 11.5. The van der Waals surface area contributed by atoms with Crippen LogP contribution in [0, 0.1) is 13.8 Å². The van der Waals surface area contributed by atoms with Crippen molar-refractivity contribution < 1.29 is 0 Å². The molecule has 0 fully saturated rings. The van der Waals surface area contributed by atoms with Gasteiger partial charge in [-0.1, -0.05) is 12.1 Å². The number of aryl methyl sites for hydroxylation is 2. The average Bonchev–Trinajstić information content (AvgIpc) is 2.30. The first kappa shape index (κ1) is 10.8. The highest BCUT2D eigenvalue weighted by molar-refractivity contribution is 5.67. The summed E-state index contributed by atoms with van der Waals surface area (Å²) in [5.74, 6) is 0. The van der Waals surface area contributed by atoms with E-state index in [1.165, 1.54) is 16.7 Å². The van der Waals surface area contributed by atoms with Crippen molar-refractivity contribution in [3.05, 3.63) is 53.3 Å². The lowest BCUT2D eigenvalue weighted by Gasteiger charge is -2.08. The van der Waals surface area contributed by atoms with Crippen molar-refractivity contribution >= 4 is 0 Å². The second-order valence-corrected chi connectivity index (χ2v) is 4.04. The minimum absolute atomic E-state index is 0.581. The van der Waals surface area contributed by atoms with E-state index < -0.39 is 0 Å². The van der Waals surface area contributed by atoms with E-state index in [4.69, 9.17) is 5.73 Å². The number of hydrogen-bond acceptors (Lipinski definition) is 2. The first-order valence-corrected chi connectivity index (χ1v) is 5.43. The molecule has 0 atom stereocenters. The minimum Gasteiger partial charge on any atom is -0.326 e. The van der Waals surface area contributed by atoms with Gasteiger partial charge in [0.2, 0.25) is 0 Å². The summed E-state index contributed by atoms with van der Waals surface area (Å²) in [7, 11) is 0. The van der Waals surface area contributed by atoms with E-state index in [1.807, 2.05) is 19.2 Å². The molecule has 2 nitrogen and oxygen atoms in total. The fourth-order valence-corrected chi connectivity index (χ4v) is 1.82. The number of hydrogen-bond donors (Lipinski definition) is 1. The number of nitrogens with two attached hydrogens (primary N) is 1. The molecule has 82 valence electrons. The molecular weight excluding hydrogens is 196 g/mol. The number of benzene rings is 1. The smallest absolute Gasteiger partial charge is 0.0378 e. The Morgan fingerprint density at radius 2 is 1.94 bits per heavy atom. The van der Waals surface area contributed by atoms with Gasteiger partial charge in [0, 0.05) is 18.4 Å². The molecule has 0 spiro atoms. The molecule has 2 aromatic rings. The van der Waals surface area contributed by atoms with Gasteiger partial charge in [-0.05, 0) is 54.3 Å². The first-order chi connectivity index (χ1) is 7.70. The van der Waals surface area contributed by atoms with Crippen molar-refractivity contribution in [3.63, 3.8) is 0 Å². The third-order valence-corrected chi connectivity index (χ3v) is 2.75. The molecular formula is C14H16N2. The van der Waals surface area contributed by atoms with Crippen molar-refractivity contribution in [1.29, 1.82) is 0 Å². The van der Waals surface area contributed by atoms with Crippen LogP contribution in [0.2, 0.25) is 0 Å². The molecule has 0 amide bonds. The van der Waals surface area contributed by atoms with Crippen molar-refractivity contribution in [2.75, 3.05) is 0 Å². The Balaban J connectivity index is 2.54. The van der Waals surface area contributed by atoms with Gasteiger partial charge in [-0.3, -0.25) is 4.98 Å². The maximum absolute atomic E-state index is 5.66. The summed E-state index contributed by atoms with van der Waals surface area (Å²) in [4.78, 5) is 4.21. The fourth-order valence-electron chi connectivity index (χ4n) is 1.82. The molecule has 0 radical (unpaired) electrons. The number of pyridine rings is 1. The van der Waals surface area contributed by atoms with E-state index in [0.29, 0.717) is 6.54 Å². The molecule has 0 aliphatic rings. The SMILES string of the molecule is Cc1cc(-c2cc(CN)ccc2C)ccn1. The highest BCUT2D eigenvalue weighted by Crippen LogP contribution is 2.24. The molecule has 0 saturated heterocycles. The van der Waals surface area contributed by atoms with Gasteiger partial charge in [0.05, 0.1) is 0 Å². The highest BCUT2D eigenvalue weighted by Gasteiger charge is 2.03. The maximum Gasteiger partial charge on any atom is 0.0378 e. The van der Waals surface area contributed by atoms with Gasteiger partial charge in [0.1, 0.15) is 0 Å². The molecule has 1 aromatic carbocycles. The zero-order valence-corrected chi connectivity index (χ0v) is 9.70. The Morgan fingerprint density at radius 1 is 1.12 bits per heavy atom. The van der Waals surface area contributed by atoms with Crippen LogP contribution in [0.4, 0.5) is 0 Å². The van der Waals surface area contributed by atoms with Crippen LogP contribution in [0.15, 0.2) is 36.5 Å². The first-order valence-electron chi connectivity index (χ1n) is 5.43. The Hall–Kier alpha value is -1.67. The fraction of sp³-hybridized carbons (Fsp3) is 0.214. The van der Waals surface area contributed by atoms with Crippen LogP contribution in [-0.2, 0) is 6.54 Å². The predicted octanol–water partition coefficient (Wildman–Crippen LogP) is 2.82. The van der Waals surface area contributed by atoms with Crippen LogP contribution in [0.25, 0.3) is 11.1 Å². The molecule has 2 N–H and O–H groups in total. The monoisotopic (exact) mass is 212 g/mol. The molecule has 1 heterocycles. The Morgan fingerprint density at radius 3 is 2.62 bits per heavy atom. The van der Waals surface area contributed by atoms with Crippen molar-refractivity contribution in [2.45, 2.75) is 20.4 Å². The summed E-state index contributed by atoms with van der Waals surface area (Å²) in [6, 6.07) is 10.5. The standard InChI is InChI=1S/C14H16N2/c1-10-3-4-12(9-15)8-14(10)13-5-6-16-11(2)7-13/h3-8H,9,15H2,1-2H3. The zero-order valence-electron chi connectivity index (χ0n) is 9.70. The van der Waals surface area contributed by atoms with Gasteiger partial charge in [-0.15, -0.1) is 0 Å². The molecule has 0 saturated carbocycles. The highest BCUT2D eigenvalue weighted by atomic mass is 14.6. The largest absolute Gasteiger partial charge is 0.326 e. The third-order valence-electron chi connectivity index (χ3n) is 2.75. The molecule has 16 heavy (non-hydrogen) atoms. The molecule has 2 rings (SSSR count). The average molecular weight is 212 g/mol. The Labute approximate surface area is 96.1 Å². The van der Waals surface area contributed by atoms with Crippen molar-refractivity contribution in [3.8, 4) is 11.1 Å². The van der Waals surface area contributed by atoms with E-state index in [9.17, 15) is 0 Å². The summed E-state index contributed by atoms with van der Waals surface area (Å²) < 4.78 is 0. The summed E-state index contributed by atoms with van der Waals surface area (Å²) in [5, 5.41) is 0. The van der Waals surface area contributed by atoms with Crippen LogP contribution < -0.4 is 5.73 Å². The van der Waals surface area contributed by atoms with Crippen LogP contribution >= 0.6 is 0 Å². The molecule has 0 bridgehead atoms. The van der Waals surface area contributed by atoms with Crippen LogP contribution in [0.5, 0.6) is 0 Å². The lowest BCUT2D eigenvalue weighted by Crippen LogP contribution is -1.97. The van der Waals surface area contributed by atoms with E-state index in [1.54, 1.807) is 0 Å². The molecule has 2 heteroatoms. The maximum atomic E-state index is 5.66. The summed E-state index contributed by atoms with van der Waals surface area (Å²) in [6.07, 6.45) is 1.85. The minimum atomic E-state index is 0.581. The van der Waals surface area contributed by atoms with Crippen LogP contribution in [0.3, 0.4) is 0 Å². The molecule has 0 aliphatic heterocycles. The molecule has 0 aliphatic carbocycles. The van der Waals surface area contributed by atoms with Crippen molar-refractivity contribution in [1.82, 2.24) is 4.98 Å². The lowest BCUT2D eigenvalue weighted by molar-refractivity contribution is 1.07. The topological polar surface area (TPSA) is 38.9 Å². The second-order valence-electron chi connectivity index (χ2n) is 4.04. The summed E-state index contributed by atoms with van der Waals surface area (Å²) in [6.45, 7) is 4.70. The number of rotatable bonds is 2. The van der Waals surface area contributed by atoms with Gasteiger partial charge in [0.15, 0.2) is 0 Å². The lowest BCUT2D eigenvalue weighted by atomic mass is 9.98. The van der Waals surface area contributed by atoms with E-state index >= 15 is 0 Å². The van der Waals surface area contributed by atoms with E-state index in [2.05, 4.69) is 36.2 Å². The Kier molecular flexibility index (Phi) is 3.02. The van der Waals surface area contributed by atoms with Gasteiger partial charge >= 0.3 is 0 Å². The van der Waals surface area contributed by atoms with E-state index in [-0.39, 0.29) is 0 Å². The van der Waals surface area contributed by atoms with E-state index in [0.717, 1.165) is 11.3 Å².